The Morgan fingerprint density at radius 3 is 3.05 bits per heavy atom. The molecule has 0 unspecified atom stereocenters. The number of nitrogens with two attached hydrogens (primary N) is 1. The Labute approximate surface area is 123 Å². The molecule has 0 atom stereocenters. The number of methoxy groups -OCH3 is 1. The Kier molecular flexibility index (Phi) is 5.55. The Morgan fingerprint density at radius 2 is 2.30 bits per heavy atom. The summed E-state index contributed by atoms with van der Waals surface area (Å²) in [5, 5.41) is 11.9. The fourth-order valence-corrected chi connectivity index (χ4v) is 3.25. The SMILES string of the molecule is COc1ccc(CN2CCCSCC2)cc1C(N)=NO. The largest absolute Gasteiger partial charge is 0.496 e. The highest BCUT2D eigenvalue weighted by Crippen LogP contribution is 2.21. The molecule has 0 amide bonds. The monoisotopic (exact) mass is 295 g/mol. The predicted molar refractivity (Wildman–Crippen MR) is 82.7 cm³/mol. The molecule has 1 aliphatic rings. The lowest BCUT2D eigenvalue weighted by molar-refractivity contribution is 0.287. The molecule has 20 heavy (non-hydrogen) atoms. The van der Waals surface area contributed by atoms with Gasteiger partial charge in [0.1, 0.15) is 5.75 Å². The molecule has 0 aromatic heterocycles. The fourth-order valence-electron chi connectivity index (χ4n) is 2.32. The number of ether oxygens (including phenoxy) is 1. The highest BCUT2D eigenvalue weighted by atomic mass is 32.2. The van der Waals surface area contributed by atoms with Gasteiger partial charge in [-0.3, -0.25) is 4.90 Å². The summed E-state index contributed by atoms with van der Waals surface area (Å²) in [5.74, 6) is 3.13. The summed E-state index contributed by atoms with van der Waals surface area (Å²) in [5.41, 5.74) is 7.49. The summed E-state index contributed by atoms with van der Waals surface area (Å²) in [4.78, 5) is 2.44. The van der Waals surface area contributed by atoms with Crippen LogP contribution in [-0.4, -0.2) is 47.6 Å². The van der Waals surface area contributed by atoms with Gasteiger partial charge in [-0.25, -0.2) is 0 Å². The van der Waals surface area contributed by atoms with E-state index in [2.05, 4.69) is 10.1 Å². The van der Waals surface area contributed by atoms with Crippen molar-refractivity contribution in [3.8, 4) is 5.75 Å². The van der Waals surface area contributed by atoms with Crippen LogP contribution in [0, 0.1) is 0 Å². The van der Waals surface area contributed by atoms with Crippen LogP contribution < -0.4 is 10.5 Å². The van der Waals surface area contributed by atoms with Crippen LogP contribution in [0.25, 0.3) is 0 Å². The Morgan fingerprint density at radius 1 is 1.45 bits per heavy atom. The quantitative estimate of drug-likeness (QED) is 0.383. The maximum Gasteiger partial charge on any atom is 0.173 e. The minimum atomic E-state index is 0.0788. The number of nitrogens with zero attached hydrogens (tertiary/aromatic N) is 2. The first-order valence-electron chi connectivity index (χ1n) is 6.69. The average Bonchev–Trinajstić information content (AvgIpc) is 2.75. The molecule has 0 radical (unpaired) electrons. The van der Waals surface area contributed by atoms with Crippen molar-refractivity contribution in [2.24, 2.45) is 10.9 Å². The molecular weight excluding hydrogens is 274 g/mol. The molecule has 1 heterocycles. The van der Waals surface area contributed by atoms with Crippen molar-refractivity contribution < 1.29 is 9.94 Å². The molecule has 0 bridgehead atoms. The first-order valence-corrected chi connectivity index (χ1v) is 7.85. The first-order chi connectivity index (χ1) is 9.74. The van der Waals surface area contributed by atoms with Gasteiger partial charge in [-0.15, -0.1) is 0 Å². The molecule has 6 heteroatoms. The molecule has 3 N–H and O–H groups in total. The van der Waals surface area contributed by atoms with Crippen LogP contribution in [-0.2, 0) is 6.54 Å². The van der Waals surface area contributed by atoms with Crippen LogP contribution in [0.5, 0.6) is 5.75 Å². The summed E-state index contributed by atoms with van der Waals surface area (Å²) in [6, 6.07) is 5.84. The second kappa shape index (κ2) is 7.40. The lowest BCUT2D eigenvalue weighted by Crippen LogP contribution is -2.25. The van der Waals surface area contributed by atoms with Crippen molar-refractivity contribution in [1.29, 1.82) is 0 Å². The lowest BCUT2D eigenvalue weighted by atomic mass is 10.1. The van der Waals surface area contributed by atoms with E-state index in [0.29, 0.717) is 11.3 Å². The van der Waals surface area contributed by atoms with Crippen LogP contribution in [0.3, 0.4) is 0 Å². The van der Waals surface area contributed by atoms with E-state index < -0.39 is 0 Å². The number of thioether (sulfide) groups is 1. The van der Waals surface area contributed by atoms with Crippen molar-refractivity contribution in [1.82, 2.24) is 4.90 Å². The molecule has 5 nitrogen and oxygen atoms in total. The van der Waals surface area contributed by atoms with Crippen LogP contribution in [0.4, 0.5) is 0 Å². The zero-order valence-corrected chi connectivity index (χ0v) is 12.5. The molecule has 1 aromatic carbocycles. The fraction of sp³-hybridized carbons (Fsp3) is 0.500. The molecule has 110 valence electrons. The third-order valence-electron chi connectivity index (χ3n) is 3.37. The van der Waals surface area contributed by atoms with Gasteiger partial charge in [0.25, 0.3) is 0 Å². The summed E-state index contributed by atoms with van der Waals surface area (Å²) < 4.78 is 5.24. The number of hydrogen-bond donors (Lipinski definition) is 2. The van der Waals surface area contributed by atoms with Crippen molar-refractivity contribution in [2.45, 2.75) is 13.0 Å². The smallest absolute Gasteiger partial charge is 0.173 e. The molecule has 1 aliphatic heterocycles. The molecule has 1 aromatic rings. The van der Waals surface area contributed by atoms with Crippen LogP contribution in [0.2, 0.25) is 0 Å². The third-order valence-corrected chi connectivity index (χ3v) is 4.42. The summed E-state index contributed by atoms with van der Waals surface area (Å²) in [6.07, 6.45) is 1.23. The zero-order valence-electron chi connectivity index (χ0n) is 11.7. The van der Waals surface area contributed by atoms with E-state index in [1.165, 1.54) is 17.9 Å². The summed E-state index contributed by atoms with van der Waals surface area (Å²) >= 11 is 2.01. The Hall–Kier alpha value is -1.40. The molecule has 1 fully saturated rings. The van der Waals surface area contributed by atoms with E-state index in [-0.39, 0.29) is 5.84 Å². The van der Waals surface area contributed by atoms with Crippen LogP contribution >= 0.6 is 11.8 Å². The highest BCUT2D eigenvalue weighted by molar-refractivity contribution is 7.99. The van der Waals surface area contributed by atoms with Crippen LogP contribution in [0.1, 0.15) is 17.5 Å². The van der Waals surface area contributed by atoms with Gasteiger partial charge in [-0.2, -0.15) is 11.8 Å². The van der Waals surface area contributed by atoms with E-state index in [4.69, 9.17) is 15.7 Å². The van der Waals surface area contributed by atoms with E-state index in [9.17, 15) is 0 Å². The highest BCUT2D eigenvalue weighted by Gasteiger charge is 2.13. The van der Waals surface area contributed by atoms with E-state index >= 15 is 0 Å². The van der Waals surface area contributed by atoms with Gasteiger partial charge in [-0.1, -0.05) is 11.2 Å². The van der Waals surface area contributed by atoms with Crippen molar-refractivity contribution in [2.75, 3.05) is 31.7 Å². The van der Waals surface area contributed by atoms with Gasteiger partial charge in [0.05, 0.1) is 12.7 Å². The van der Waals surface area contributed by atoms with Gasteiger partial charge < -0.3 is 15.7 Å². The van der Waals surface area contributed by atoms with Gasteiger partial charge >= 0.3 is 0 Å². The molecule has 1 saturated heterocycles. The molecular formula is C14H21N3O2S. The topological polar surface area (TPSA) is 71.1 Å². The standard InChI is InChI=1S/C14H21N3O2S/c1-19-13-4-3-11(9-12(13)14(15)16-18)10-17-5-2-7-20-8-6-17/h3-4,9,18H,2,5-8,10H2,1H3,(H2,15,16). The second-order valence-electron chi connectivity index (χ2n) is 4.76. The first kappa shape index (κ1) is 15.0. The second-order valence-corrected chi connectivity index (χ2v) is 5.99. The maximum atomic E-state index is 8.85. The number of hydrogen-bond acceptors (Lipinski definition) is 5. The maximum absolute atomic E-state index is 8.85. The molecule has 0 spiro atoms. The molecule has 0 aliphatic carbocycles. The minimum absolute atomic E-state index is 0.0788. The molecule has 2 rings (SSSR count). The molecule has 0 saturated carbocycles. The van der Waals surface area contributed by atoms with Gasteiger partial charge in [0.2, 0.25) is 0 Å². The zero-order chi connectivity index (χ0) is 14.4. The average molecular weight is 295 g/mol. The van der Waals surface area contributed by atoms with Gasteiger partial charge in [0, 0.05) is 18.8 Å². The number of rotatable bonds is 4. The number of amidine groups is 1. The summed E-state index contributed by atoms with van der Waals surface area (Å²) in [6.45, 7) is 3.11. The Bertz CT molecular complexity index is 471. The van der Waals surface area contributed by atoms with E-state index in [0.717, 1.165) is 25.2 Å². The van der Waals surface area contributed by atoms with E-state index in [1.54, 1.807) is 7.11 Å². The van der Waals surface area contributed by atoms with Gasteiger partial charge in [0.15, 0.2) is 5.84 Å². The van der Waals surface area contributed by atoms with E-state index in [1.807, 2.05) is 30.0 Å². The van der Waals surface area contributed by atoms with Crippen LogP contribution in [0.15, 0.2) is 23.4 Å². The third kappa shape index (κ3) is 3.80. The number of oxime groups is 1. The van der Waals surface area contributed by atoms with Crippen molar-refractivity contribution in [3.05, 3.63) is 29.3 Å². The normalized spacial score (nSPS) is 17.8. The lowest BCUT2D eigenvalue weighted by Gasteiger charge is -2.20. The van der Waals surface area contributed by atoms with Crippen molar-refractivity contribution >= 4 is 17.6 Å². The number of benzene rings is 1. The Balaban J connectivity index is 2.15. The minimum Gasteiger partial charge on any atom is -0.496 e. The van der Waals surface area contributed by atoms with Gasteiger partial charge in [-0.05, 0) is 36.4 Å². The predicted octanol–water partition coefficient (Wildman–Crippen LogP) is 1.73. The summed E-state index contributed by atoms with van der Waals surface area (Å²) in [7, 11) is 1.58. The van der Waals surface area contributed by atoms with Crippen molar-refractivity contribution in [3.63, 3.8) is 0 Å².